The SMILES string of the molecule is Cc1cnn(CCNS(=O)(=O)c2ccc(Cl)c(CN)c2)c1. The van der Waals surface area contributed by atoms with E-state index >= 15 is 0 Å². The van der Waals surface area contributed by atoms with Gasteiger partial charge in [0.05, 0.1) is 17.6 Å². The zero-order chi connectivity index (χ0) is 15.5. The first-order valence-corrected chi connectivity index (χ1v) is 8.26. The van der Waals surface area contributed by atoms with E-state index < -0.39 is 10.0 Å². The summed E-state index contributed by atoms with van der Waals surface area (Å²) in [6.07, 6.45) is 3.57. The number of halogens is 1. The lowest BCUT2D eigenvalue weighted by Gasteiger charge is -2.09. The molecule has 114 valence electrons. The Morgan fingerprint density at radius 2 is 2.19 bits per heavy atom. The molecule has 0 atom stereocenters. The van der Waals surface area contributed by atoms with Crippen molar-refractivity contribution in [2.45, 2.75) is 24.9 Å². The maximum atomic E-state index is 12.2. The van der Waals surface area contributed by atoms with Crippen molar-refractivity contribution in [2.24, 2.45) is 5.73 Å². The van der Waals surface area contributed by atoms with Crippen molar-refractivity contribution >= 4 is 21.6 Å². The van der Waals surface area contributed by atoms with Crippen LogP contribution in [0.3, 0.4) is 0 Å². The summed E-state index contributed by atoms with van der Waals surface area (Å²) in [5.74, 6) is 0. The third kappa shape index (κ3) is 4.04. The van der Waals surface area contributed by atoms with Gasteiger partial charge >= 0.3 is 0 Å². The van der Waals surface area contributed by atoms with Gasteiger partial charge < -0.3 is 5.73 Å². The highest BCUT2D eigenvalue weighted by Gasteiger charge is 2.15. The largest absolute Gasteiger partial charge is 0.326 e. The van der Waals surface area contributed by atoms with Crippen LogP contribution in [0, 0.1) is 6.92 Å². The summed E-state index contributed by atoms with van der Waals surface area (Å²) in [6, 6.07) is 4.49. The van der Waals surface area contributed by atoms with Gasteiger partial charge in [-0.25, -0.2) is 13.1 Å². The molecule has 0 spiro atoms. The van der Waals surface area contributed by atoms with Crippen molar-refractivity contribution in [3.05, 3.63) is 46.7 Å². The highest BCUT2D eigenvalue weighted by Crippen LogP contribution is 2.19. The van der Waals surface area contributed by atoms with Crippen LogP contribution in [-0.4, -0.2) is 24.7 Å². The molecule has 0 unspecified atom stereocenters. The normalized spacial score (nSPS) is 11.8. The first kappa shape index (κ1) is 16.0. The van der Waals surface area contributed by atoms with Crippen molar-refractivity contribution in [2.75, 3.05) is 6.54 Å². The lowest BCUT2D eigenvalue weighted by atomic mass is 10.2. The lowest BCUT2D eigenvalue weighted by Crippen LogP contribution is -2.27. The van der Waals surface area contributed by atoms with E-state index in [1.165, 1.54) is 18.2 Å². The maximum Gasteiger partial charge on any atom is 0.240 e. The predicted molar refractivity (Wildman–Crippen MR) is 81.5 cm³/mol. The van der Waals surface area contributed by atoms with E-state index in [-0.39, 0.29) is 18.0 Å². The smallest absolute Gasteiger partial charge is 0.240 e. The van der Waals surface area contributed by atoms with Crippen LogP contribution in [0.25, 0.3) is 0 Å². The Hall–Kier alpha value is -1.41. The van der Waals surface area contributed by atoms with Crippen molar-refractivity contribution in [3.63, 3.8) is 0 Å². The molecule has 0 radical (unpaired) electrons. The second-order valence-corrected chi connectivity index (χ2v) is 6.81. The molecule has 1 aromatic heterocycles. The van der Waals surface area contributed by atoms with Crippen molar-refractivity contribution in [3.8, 4) is 0 Å². The molecule has 3 N–H and O–H groups in total. The molecule has 0 fully saturated rings. The van der Waals surface area contributed by atoms with Gasteiger partial charge in [0.2, 0.25) is 10.0 Å². The van der Waals surface area contributed by atoms with Crippen LogP contribution in [0.2, 0.25) is 5.02 Å². The van der Waals surface area contributed by atoms with E-state index in [0.29, 0.717) is 17.1 Å². The van der Waals surface area contributed by atoms with Crippen molar-refractivity contribution in [1.82, 2.24) is 14.5 Å². The number of benzene rings is 1. The Morgan fingerprint density at radius 1 is 1.43 bits per heavy atom. The molecule has 21 heavy (non-hydrogen) atoms. The zero-order valence-electron chi connectivity index (χ0n) is 11.6. The lowest BCUT2D eigenvalue weighted by molar-refractivity contribution is 0.560. The van der Waals surface area contributed by atoms with Crippen LogP contribution < -0.4 is 10.5 Å². The molecule has 0 aliphatic heterocycles. The Morgan fingerprint density at radius 3 is 2.81 bits per heavy atom. The summed E-state index contributed by atoms with van der Waals surface area (Å²) in [5, 5.41) is 4.56. The molecule has 1 heterocycles. The molecule has 2 rings (SSSR count). The molecule has 1 aromatic carbocycles. The van der Waals surface area contributed by atoms with E-state index in [9.17, 15) is 8.42 Å². The van der Waals surface area contributed by atoms with Crippen molar-refractivity contribution < 1.29 is 8.42 Å². The number of aromatic nitrogens is 2. The van der Waals surface area contributed by atoms with Crippen LogP contribution in [0.1, 0.15) is 11.1 Å². The molecule has 0 aliphatic rings. The van der Waals surface area contributed by atoms with Crippen LogP contribution in [0.15, 0.2) is 35.5 Å². The summed E-state index contributed by atoms with van der Waals surface area (Å²) in [4.78, 5) is 0.156. The second kappa shape index (κ2) is 6.57. The van der Waals surface area contributed by atoms with E-state index in [1.54, 1.807) is 10.9 Å². The molecule has 6 nitrogen and oxygen atoms in total. The summed E-state index contributed by atoms with van der Waals surface area (Å²) in [5.41, 5.74) is 7.16. The van der Waals surface area contributed by atoms with Crippen LogP contribution >= 0.6 is 11.6 Å². The first-order valence-electron chi connectivity index (χ1n) is 6.39. The monoisotopic (exact) mass is 328 g/mol. The third-order valence-corrected chi connectivity index (χ3v) is 4.77. The Bertz CT molecular complexity index is 728. The molecular weight excluding hydrogens is 312 g/mol. The fourth-order valence-corrected chi connectivity index (χ4v) is 3.11. The number of rotatable bonds is 6. The van der Waals surface area contributed by atoms with Gasteiger partial charge in [-0.05, 0) is 36.2 Å². The molecule has 2 aromatic rings. The number of hydrogen-bond donors (Lipinski definition) is 2. The average molecular weight is 329 g/mol. The fourth-order valence-electron chi connectivity index (χ4n) is 1.84. The Balaban J connectivity index is 2.04. The number of nitrogens with one attached hydrogen (secondary N) is 1. The Kier molecular flexibility index (Phi) is 5.00. The summed E-state index contributed by atoms with van der Waals surface area (Å²) < 4.78 is 28.6. The first-order chi connectivity index (χ1) is 9.92. The standard InChI is InChI=1S/C13H17ClN4O2S/c1-10-8-16-18(9-10)5-4-17-21(19,20)12-2-3-13(14)11(6-12)7-15/h2-3,6,8-9,17H,4-5,7,15H2,1H3. The van der Waals surface area contributed by atoms with Crippen molar-refractivity contribution in [1.29, 1.82) is 0 Å². The summed E-state index contributed by atoms with van der Waals surface area (Å²) in [7, 11) is -3.58. The minimum Gasteiger partial charge on any atom is -0.326 e. The van der Waals surface area contributed by atoms with Gasteiger partial charge in [-0.15, -0.1) is 0 Å². The van der Waals surface area contributed by atoms with Gasteiger partial charge in [0, 0.05) is 24.3 Å². The molecule has 0 saturated heterocycles. The molecule has 0 amide bonds. The highest BCUT2D eigenvalue weighted by atomic mass is 35.5. The van der Waals surface area contributed by atoms with Gasteiger partial charge in [-0.1, -0.05) is 11.6 Å². The van der Waals surface area contributed by atoms with E-state index in [4.69, 9.17) is 17.3 Å². The molecule has 0 saturated carbocycles. The third-order valence-electron chi connectivity index (χ3n) is 2.94. The van der Waals surface area contributed by atoms with Gasteiger partial charge in [0.1, 0.15) is 0 Å². The summed E-state index contributed by atoms with van der Waals surface area (Å²) in [6.45, 7) is 2.83. The predicted octanol–water partition coefficient (Wildman–Crippen LogP) is 1.28. The van der Waals surface area contributed by atoms with E-state index in [0.717, 1.165) is 5.56 Å². The maximum absolute atomic E-state index is 12.2. The molecule has 0 bridgehead atoms. The van der Waals surface area contributed by atoms with E-state index in [1.807, 2.05) is 13.1 Å². The number of nitrogens with zero attached hydrogens (tertiary/aromatic N) is 2. The summed E-state index contributed by atoms with van der Waals surface area (Å²) >= 11 is 5.93. The number of aryl methyl sites for hydroxylation is 1. The molecule has 8 heteroatoms. The number of hydrogen-bond acceptors (Lipinski definition) is 4. The van der Waals surface area contributed by atoms with Gasteiger partial charge in [-0.3, -0.25) is 4.68 Å². The topological polar surface area (TPSA) is 90.0 Å². The molecule has 0 aliphatic carbocycles. The van der Waals surface area contributed by atoms with Gasteiger partial charge in [0.15, 0.2) is 0 Å². The van der Waals surface area contributed by atoms with Crippen LogP contribution in [0.4, 0.5) is 0 Å². The van der Waals surface area contributed by atoms with Crippen LogP contribution in [0.5, 0.6) is 0 Å². The second-order valence-electron chi connectivity index (χ2n) is 4.64. The van der Waals surface area contributed by atoms with Gasteiger partial charge in [0.25, 0.3) is 0 Å². The van der Waals surface area contributed by atoms with Crippen LogP contribution in [-0.2, 0) is 23.1 Å². The minimum absolute atomic E-state index is 0.156. The highest BCUT2D eigenvalue weighted by molar-refractivity contribution is 7.89. The average Bonchev–Trinajstić information content (AvgIpc) is 2.84. The molecular formula is C13H17ClN4O2S. The van der Waals surface area contributed by atoms with E-state index in [2.05, 4.69) is 9.82 Å². The number of sulfonamides is 1. The fraction of sp³-hybridized carbons (Fsp3) is 0.308. The quantitative estimate of drug-likeness (QED) is 0.836. The zero-order valence-corrected chi connectivity index (χ0v) is 13.2. The number of nitrogens with two attached hydrogens (primary N) is 1. The van der Waals surface area contributed by atoms with Gasteiger partial charge in [-0.2, -0.15) is 5.10 Å². The Labute approximate surface area is 129 Å². The minimum atomic E-state index is -3.58.